The van der Waals surface area contributed by atoms with Crippen LogP contribution in [0.2, 0.25) is 5.02 Å². The topological polar surface area (TPSA) is 56.1 Å². The molecule has 0 saturated heterocycles. The van der Waals surface area contributed by atoms with E-state index in [4.69, 9.17) is 16.3 Å². The Labute approximate surface area is 116 Å². The van der Waals surface area contributed by atoms with Gasteiger partial charge in [0.1, 0.15) is 0 Å². The van der Waals surface area contributed by atoms with Crippen molar-refractivity contribution in [3.8, 4) is 0 Å². The number of rotatable bonds is 4. The molecule has 1 aromatic carbocycles. The number of nitrogens with zero attached hydrogens (tertiary/aromatic N) is 2. The number of aromatic nitrogens is 2. The second-order valence-electron chi connectivity index (χ2n) is 3.98. The molecule has 0 spiro atoms. The first-order valence-corrected chi connectivity index (χ1v) is 6.08. The van der Waals surface area contributed by atoms with E-state index in [0.717, 1.165) is 5.69 Å². The molecule has 2 aromatic rings. The Morgan fingerprint density at radius 2 is 2.26 bits per heavy atom. The zero-order valence-corrected chi connectivity index (χ0v) is 11.4. The molecule has 1 N–H and O–H groups in total. The summed E-state index contributed by atoms with van der Waals surface area (Å²) in [4.78, 5) is 11.7. The second kappa shape index (κ2) is 5.75. The summed E-state index contributed by atoms with van der Waals surface area (Å²) in [5.74, 6) is -0.421. The van der Waals surface area contributed by atoms with E-state index < -0.39 is 5.97 Å². The number of esters is 1. The van der Waals surface area contributed by atoms with Gasteiger partial charge in [0, 0.05) is 24.0 Å². The Balaban J connectivity index is 2.20. The standard InChI is InChI=1S/C13H14ClN3O2/c1-17-10(5-6-16-17)8-15-12-4-3-9(14)7-11(12)13(18)19-2/h3-7,15H,8H2,1-2H3. The van der Waals surface area contributed by atoms with Crippen LogP contribution in [0.3, 0.4) is 0 Å². The van der Waals surface area contributed by atoms with Gasteiger partial charge in [-0.1, -0.05) is 11.6 Å². The van der Waals surface area contributed by atoms with E-state index in [0.29, 0.717) is 22.8 Å². The fourth-order valence-corrected chi connectivity index (χ4v) is 1.88. The Bertz CT molecular complexity index is 595. The van der Waals surface area contributed by atoms with E-state index in [9.17, 15) is 4.79 Å². The van der Waals surface area contributed by atoms with Gasteiger partial charge in [-0.2, -0.15) is 5.10 Å². The van der Waals surface area contributed by atoms with Crippen molar-refractivity contribution in [2.24, 2.45) is 7.05 Å². The highest BCUT2D eigenvalue weighted by atomic mass is 35.5. The average Bonchev–Trinajstić information content (AvgIpc) is 2.82. The molecule has 100 valence electrons. The Kier molecular flexibility index (Phi) is 4.06. The number of nitrogens with one attached hydrogen (secondary N) is 1. The van der Waals surface area contributed by atoms with Crippen molar-refractivity contribution in [1.82, 2.24) is 9.78 Å². The molecular weight excluding hydrogens is 266 g/mol. The predicted octanol–water partition coefficient (Wildman–Crippen LogP) is 2.47. The molecule has 0 aliphatic rings. The lowest BCUT2D eigenvalue weighted by atomic mass is 10.1. The first-order valence-electron chi connectivity index (χ1n) is 5.70. The third-order valence-electron chi connectivity index (χ3n) is 2.77. The maximum Gasteiger partial charge on any atom is 0.340 e. The lowest BCUT2D eigenvalue weighted by Crippen LogP contribution is -2.10. The van der Waals surface area contributed by atoms with Crippen LogP contribution < -0.4 is 5.32 Å². The summed E-state index contributed by atoms with van der Waals surface area (Å²) in [5.41, 5.74) is 2.10. The minimum absolute atomic E-state index is 0.414. The van der Waals surface area contributed by atoms with Gasteiger partial charge in [-0.3, -0.25) is 4.68 Å². The molecule has 0 fully saturated rings. The highest BCUT2D eigenvalue weighted by molar-refractivity contribution is 6.31. The normalized spacial score (nSPS) is 10.3. The highest BCUT2D eigenvalue weighted by Gasteiger charge is 2.12. The zero-order chi connectivity index (χ0) is 13.8. The van der Waals surface area contributed by atoms with E-state index in [-0.39, 0.29) is 0 Å². The smallest absolute Gasteiger partial charge is 0.340 e. The maximum absolute atomic E-state index is 11.7. The molecule has 0 amide bonds. The predicted molar refractivity (Wildman–Crippen MR) is 73.3 cm³/mol. The Morgan fingerprint density at radius 1 is 1.47 bits per heavy atom. The van der Waals surface area contributed by atoms with Crippen LogP contribution in [0.25, 0.3) is 0 Å². The Hall–Kier alpha value is -2.01. The second-order valence-corrected chi connectivity index (χ2v) is 4.42. The number of hydrogen-bond acceptors (Lipinski definition) is 4. The van der Waals surface area contributed by atoms with Gasteiger partial charge in [0.2, 0.25) is 0 Å². The molecule has 0 atom stereocenters. The van der Waals surface area contributed by atoms with Gasteiger partial charge in [0.05, 0.1) is 24.9 Å². The molecule has 1 aromatic heterocycles. The molecule has 0 aliphatic carbocycles. The number of ether oxygens (including phenoxy) is 1. The number of aryl methyl sites for hydroxylation is 1. The molecule has 19 heavy (non-hydrogen) atoms. The summed E-state index contributed by atoms with van der Waals surface area (Å²) in [6.45, 7) is 0.558. The van der Waals surface area contributed by atoms with Gasteiger partial charge in [0.25, 0.3) is 0 Å². The van der Waals surface area contributed by atoms with Crippen LogP contribution in [0.1, 0.15) is 16.1 Å². The maximum atomic E-state index is 11.7. The number of methoxy groups -OCH3 is 1. The monoisotopic (exact) mass is 279 g/mol. The molecule has 0 saturated carbocycles. The number of anilines is 1. The van der Waals surface area contributed by atoms with Crippen LogP contribution in [0.5, 0.6) is 0 Å². The molecule has 6 heteroatoms. The van der Waals surface area contributed by atoms with E-state index in [2.05, 4.69) is 10.4 Å². The lowest BCUT2D eigenvalue weighted by molar-refractivity contribution is 0.0602. The minimum Gasteiger partial charge on any atom is -0.465 e. The highest BCUT2D eigenvalue weighted by Crippen LogP contribution is 2.22. The van der Waals surface area contributed by atoms with Crippen LogP contribution >= 0.6 is 11.6 Å². The summed E-state index contributed by atoms with van der Waals surface area (Å²) in [7, 11) is 3.20. The van der Waals surface area contributed by atoms with Crippen molar-refractivity contribution in [3.63, 3.8) is 0 Å². The largest absolute Gasteiger partial charge is 0.465 e. The van der Waals surface area contributed by atoms with Crippen molar-refractivity contribution in [2.75, 3.05) is 12.4 Å². The van der Waals surface area contributed by atoms with Crippen LogP contribution in [-0.2, 0) is 18.3 Å². The quantitative estimate of drug-likeness (QED) is 0.874. The number of carbonyl (C=O) groups is 1. The average molecular weight is 280 g/mol. The number of benzene rings is 1. The van der Waals surface area contributed by atoms with E-state index in [1.54, 1.807) is 29.1 Å². The number of carbonyl (C=O) groups excluding carboxylic acids is 1. The summed E-state index contributed by atoms with van der Waals surface area (Å²) >= 11 is 5.89. The summed E-state index contributed by atoms with van der Waals surface area (Å²) < 4.78 is 6.50. The fraction of sp³-hybridized carbons (Fsp3) is 0.231. The van der Waals surface area contributed by atoms with Crippen molar-refractivity contribution in [3.05, 3.63) is 46.7 Å². The summed E-state index contributed by atoms with van der Waals surface area (Å²) in [6.07, 6.45) is 1.72. The van der Waals surface area contributed by atoms with Crippen molar-refractivity contribution >= 4 is 23.3 Å². The van der Waals surface area contributed by atoms with Gasteiger partial charge >= 0.3 is 5.97 Å². The van der Waals surface area contributed by atoms with Gasteiger partial charge < -0.3 is 10.1 Å². The first-order chi connectivity index (χ1) is 9.11. The third kappa shape index (κ3) is 3.06. The summed E-state index contributed by atoms with van der Waals surface area (Å²) in [5, 5.41) is 7.75. The lowest BCUT2D eigenvalue weighted by Gasteiger charge is -2.11. The Morgan fingerprint density at radius 3 is 2.89 bits per heavy atom. The molecule has 0 aliphatic heterocycles. The molecule has 2 rings (SSSR count). The van der Waals surface area contributed by atoms with Crippen molar-refractivity contribution < 1.29 is 9.53 Å². The molecule has 0 bridgehead atoms. The van der Waals surface area contributed by atoms with Crippen LogP contribution in [-0.4, -0.2) is 22.9 Å². The van der Waals surface area contributed by atoms with Gasteiger partial charge in [-0.15, -0.1) is 0 Å². The van der Waals surface area contributed by atoms with Crippen LogP contribution in [0, 0.1) is 0 Å². The van der Waals surface area contributed by atoms with Gasteiger partial charge in [-0.25, -0.2) is 4.79 Å². The molecular formula is C13H14ClN3O2. The SMILES string of the molecule is COC(=O)c1cc(Cl)ccc1NCc1ccnn1C. The summed E-state index contributed by atoms with van der Waals surface area (Å²) in [6, 6.07) is 6.96. The molecule has 5 nitrogen and oxygen atoms in total. The van der Waals surface area contributed by atoms with E-state index in [1.165, 1.54) is 7.11 Å². The minimum atomic E-state index is -0.421. The van der Waals surface area contributed by atoms with Crippen molar-refractivity contribution in [1.29, 1.82) is 0 Å². The number of halogens is 1. The zero-order valence-electron chi connectivity index (χ0n) is 10.7. The van der Waals surface area contributed by atoms with E-state index in [1.807, 2.05) is 13.1 Å². The number of hydrogen-bond donors (Lipinski definition) is 1. The van der Waals surface area contributed by atoms with Crippen molar-refractivity contribution in [2.45, 2.75) is 6.54 Å². The van der Waals surface area contributed by atoms with Gasteiger partial charge in [-0.05, 0) is 24.3 Å². The first kappa shape index (κ1) is 13.4. The fourth-order valence-electron chi connectivity index (χ4n) is 1.71. The van der Waals surface area contributed by atoms with Gasteiger partial charge in [0.15, 0.2) is 0 Å². The van der Waals surface area contributed by atoms with Crippen LogP contribution in [0.15, 0.2) is 30.5 Å². The molecule has 0 unspecified atom stereocenters. The van der Waals surface area contributed by atoms with E-state index >= 15 is 0 Å². The third-order valence-corrected chi connectivity index (χ3v) is 3.00. The molecule has 0 radical (unpaired) electrons. The molecule has 1 heterocycles. The van der Waals surface area contributed by atoms with Crippen LogP contribution in [0.4, 0.5) is 5.69 Å².